The Morgan fingerprint density at radius 1 is 1.21 bits per heavy atom. The summed E-state index contributed by atoms with van der Waals surface area (Å²) in [5, 5.41) is 8.46. The molecule has 0 radical (unpaired) electrons. The minimum absolute atomic E-state index is 0.329. The topological polar surface area (TPSA) is 37.3 Å². The highest BCUT2D eigenvalue weighted by Gasteiger charge is 2.07. The number of carbonyl (C=O) groups is 1. The Kier molecular flexibility index (Phi) is 7.54. The van der Waals surface area contributed by atoms with Crippen molar-refractivity contribution in [3.05, 3.63) is 0 Å². The van der Waals surface area contributed by atoms with E-state index in [1.54, 1.807) is 0 Å². The molecule has 1 N–H and O–H groups in total. The van der Waals surface area contributed by atoms with Crippen molar-refractivity contribution in [2.45, 2.75) is 59.3 Å². The zero-order valence-electron chi connectivity index (χ0n) is 9.75. The Morgan fingerprint density at radius 3 is 2.36 bits per heavy atom. The van der Waals surface area contributed by atoms with Gasteiger partial charge in [-0.3, -0.25) is 4.79 Å². The molecule has 0 saturated heterocycles. The summed E-state index contributed by atoms with van der Waals surface area (Å²) >= 11 is 0. The molecule has 0 aromatic rings. The molecule has 0 aromatic carbocycles. The van der Waals surface area contributed by atoms with Crippen LogP contribution in [0.15, 0.2) is 0 Å². The van der Waals surface area contributed by atoms with Crippen LogP contribution >= 0.6 is 0 Å². The molecule has 0 saturated carbocycles. The molecule has 14 heavy (non-hydrogen) atoms. The van der Waals surface area contributed by atoms with Gasteiger partial charge in [-0.1, -0.05) is 40.0 Å². The predicted molar refractivity (Wildman–Crippen MR) is 59.3 cm³/mol. The van der Waals surface area contributed by atoms with Crippen LogP contribution in [0.1, 0.15) is 59.3 Å². The SMILES string of the molecule is CCC(C)CC(C)CCCCC(=O)O. The maximum absolute atomic E-state index is 10.3. The summed E-state index contributed by atoms with van der Waals surface area (Å²) in [4.78, 5) is 10.3. The first-order chi connectivity index (χ1) is 6.56. The molecule has 0 heterocycles. The number of rotatable bonds is 8. The van der Waals surface area contributed by atoms with Crippen LogP contribution in [-0.2, 0) is 4.79 Å². The molecule has 2 unspecified atom stereocenters. The van der Waals surface area contributed by atoms with Crippen molar-refractivity contribution in [2.24, 2.45) is 11.8 Å². The fraction of sp³-hybridized carbons (Fsp3) is 0.917. The molecule has 0 amide bonds. The molecular weight excluding hydrogens is 176 g/mol. The summed E-state index contributed by atoms with van der Waals surface area (Å²) in [5.74, 6) is 0.891. The lowest BCUT2D eigenvalue weighted by atomic mass is 9.91. The second kappa shape index (κ2) is 7.84. The Balaban J connectivity index is 3.35. The minimum Gasteiger partial charge on any atom is -0.481 e. The molecule has 0 bridgehead atoms. The first kappa shape index (κ1) is 13.5. The van der Waals surface area contributed by atoms with Crippen LogP contribution in [0, 0.1) is 11.8 Å². The minimum atomic E-state index is -0.667. The van der Waals surface area contributed by atoms with E-state index >= 15 is 0 Å². The van der Waals surface area contributed by atoms with Gasteiger partial charge < -0.3 is 5.11 Å². The van der Waals surface area contributed by atoms with E-state index in [2.05, 4.69) is 20.8 Å². The lowest BCUT2D eigenvalue weighted by Gasteiger charge is -2.15. The van der Waals surface area contributed by atoms with Crippen LogP contribution in [0.25, 0.3) is 0 Å². The van der Waals surface area contributed by atoms with Gasteiger partial charge in [-0.15, -0.1) is 0 Å². The van der Waals surface area contributed by atoms with Crippen molar-refractivity contribution in [2.75, 3.05) is 0 Å². The highest BCUT2D eigenvalue weighted by molar-refractivity contribution is 5.66. The van der Waals surface area contributed by atoms with E-state index in [0.29, 0.717) is 6.42 Å². The Labute approximate surface area is 87.7 Å². The third kappa shape index (κ3) is 8.09. The molecule has 0 aromatic heterocycles. The van der Waals surface area contributed by atoms with Crippen LogP contribution in [-0.4, -0.2) is 11.1 Å². The van der Waals surface area contributed by atoms with E-state index in [1.807, 2.05) is 0 Å². The van der Waals surface area contributed by atoms with Gasteiger partial charge in [0.05, 0.1) is 0 Å². The van der Waals surface area contributed by atoms with Crippen molar-refractivity contribution < 1.29 is 9.90 Å². The Bertz CT molecular complexity index is 154. The van der Waals surface area contributed by atoms with E-state index in [1.165, 1.54) is 19.3 Å². The summed E-state index contributed by atoms with van der Waals surface area (Å²) in [5.41, 5.74) is 0. The van der Waals surface area contributed by atoms with Gasteiger partial charge in [0, 0.05) is 6.42 Å². The zero-order valence-corrected chi connectivity index (χ0v) is 9.75. The highest BCUT2D eigenvalue weighted by Crippen LogP contribution is 2.19. The number of carboxylic acids is 1. The van der Waals surface area contributed by atoms with Crippen molar-refractivity contribution in [1.29, 1.82) is 0 Å². The van der Waals surface area contributed by atoms with Gasteiger partial charge in [0.25, 0.3) is 0 Å². The van der Waals surface area contributed by atoms with Gasteiger partial charge in [0.2, 0.25) is 0 Å². The van der Waals surface area contributed by atoms with E-state index in [9.17, 15) is 4.79 Å². The first-order valence-corrected chi connectivity index (χ1v) is 5.78. The van der Waals surface area contributed by atoms with Crippen LogP contribution in [0.4, 0.5) is 0 Å². The van der Waals surface area contributed by atoms with E-state index < -0.39 is 5.97 Å². The summed E-state index contributed by atoms with van der Waals surface area (Å²) in [6.07, 6.45) is 5.93. The summed E-state index contributed by atoms with van der Waals surface area (Å²) in [6, 6.07) is 0. The van der Waals surface area contributed by atoms with E-state index in [0.717, 1.165) is 24.7 Å². The van der Waals surface area contributed by atoms with Crippen LogP contribution < -0.4 is 0 Å². The molecule has 2 atom stereocenters. The van der Waals surface area contributed by atoms with Crippen LogP contribution in [0.3, 0.4) is 0 Å². The molecule has 0 spiro atoms. The maximum Gasteiger partial charge on any atom is 0.303 e. The lowest BCUT2D eigenvalue weighted by Crippen LogP contribution is -2.03. The molecule has 0 fully saturated rings. The van der Waals surface area contributed by atoms with Gasteiger partial charge in [-0.05, 0) is 24.7 Å². The largest absolute Gasteiger partial charge is 0.481 e. The van der Waals surface area contributed by atoms with Gasteiger partial charge in [-0.25, -0.2) is 0 Å². The first-order valence-electron chi connectivity index (χ1n) is 5.78. The smallest absolute Gasteiger partial charge is 0.303 e. The monoisotopic (exact) mass is 200 g/mol. The molecule has 0 aliphatic rings. The average molecular weight is 200 g/mol. The predicted octanol–water partition coefficient (Wildman–Crippen LogP) is 3.70. The maximum atomic E-state index is 10.3. The second-order valence-electron chi connectivity index (χ2n) is 4.49. The Hall–Kier alpha value is -0.530. The molecule has 0 aliphatic heterocycles. The quantitative estimate of drug-likeness (QED) is 0.606. The normalized spacial score (nSPS) is 15.1. The number of unbranched alkanes of at least 4 members (excludes halogenated alkanes) is 1. The summed E-state index contributed by atoms with van der Waals surface area (Å²) in [7, 11) is 0. The van der Waals surface area contributed by atoms with Gasteiger partial charge in [-0.2, -0.15) is 0 Å². The van der Waals surface area contributed by atoms with Crippen molar-refractivity contribution >= 4 is 5.97 Å². The van der Waals surface area contributed by atoms with Crippen LogP contribution in [0.2, 0.25) is 0 Å². The molecule has 2 heteroatoms. The average Bonchev–Trinajstić information content (AvgIpc) is 2.12. The second-order valence-corrected chi connectivity index (χ2v) is 4.49. The number of aliphatic carboxylic acids is 1. The number of carboxylic acid groups (broad SMARTS) is 1. The standard InChI is InChI=1S/C12H24O2/c1-4-10(2)9-11(3)7-5-6-8-12(13)14/h10-11H,4-9H2,1-3H3,(H,13,14). The zero-order chi connectivity index (χ0) is 11.0. The Morgan fingerprint density at radius 2 is 1.86 bits per heavy atom. The number of hydrogen-bond donors (Lipinski definition) is 1. The van der Waals surface area contributed by atoms with E-state index in [-0.39, 0.29) is 0 Å². The third-order valence-electron chi connectivity index (χ3n) is 2.84. The van der Waals surface area contributed by atoms with Crippen molar-refractivity contribution in [3.63, 3.8) is 0 Å². The van der Waals surface area contributed by atoms with E-state index in [4.69, 9.17) is 5.11 Å². The number of hydrogen-bond acceptors (Lipinski definition) is 1. The third-order valence-corrected chi connectivity index (χ3v) is 2.84. The fourth-order valence-electron chi connectivity index (χ4n) is 1.74. The molecule has 2 nitrogen and oxygen atoms in total. The van der Waals surface area contributed by atoms with Gasteiger partial charge >= 0.3 is 5.97 Å². The van der Waals surface area contributed by atoms with Crippen molar-refractivity contribution in [3.8, 4) is 0 Å². The molecule has 0 rings (SSSR count). The van der Waals surface area contributed by atoms with Crippen LogP contribution in [0.5, 0.6) is 0 Å². The molecule has 84 valence electrons. The van der Waals surface area contributed by atoms with Gasteiger partial charge in [0.15, 0.2) is 0 Å². The molecule has 0 aliphatic carbocycles. The summed E-state index contributed by atoms with van der Waals surface area (Å²) in [6.45, 7) is 6.78. The molecular formula is C12H24O2. The fourth-order valence-corrected chi connectivity index (χ4v) is 1.74. The lowest BCUT2D eigenvalue weighted by molar-refractivity contribution is -0.137. The van der Waals surface area contributed by atoms with Crippen molar-refractivity contribution in [1.82, 2.24) is 0 Å². The summed E-state index contributed by atoms with van der Waals surface area (Å²) < 4.78 is 0. The highest BCUT2D eigenvalue weighted by atomic mass is 16.4. The van der Waals surface area contributed by atoms with Gasteiger partial charge in [0.1, 0.15) is 0 Å².